The van der Waals surface area contributed by atoms with Crippen molar-refractivity contribution in [2.75, 3.05) is 32.4 Å². The Morgan fingerprint density at radius 2 is 1.82 bits per heavy atom. The molecule has 0 unspecified atom stereocenters. The fourth-order valence-corrected chi connectivity index (χ4v) is 4.26. The molecule has 9 nitrogen and oxygen atoms in total. The molecule has 1 aromatic rings. The lowest BCUT2D eigenvalue weighted by Gasteiger charge is -2.33. The van der Waals surface area contributed by atoms with Crippen molar-refractivity contribution in [2.24, 2.45) is 0 Å². The zero-order valence-corrected chi connectivity index (χ0v) is 16.9. The molecule has 1 N–H and O–H groups in total. The van der Waals surface area contributed by atoms with E-state index in [1.54, 1.807) is 24.3 Å². The molecule has 1 atom stereocenters. The summed E-state index contributed by atoms with van der Waals surface area (Å²) in [6.45, 7) is 0.971. The van der Waals surface area contributed by atoms with Gasteiger partial charge >= 0.3 is 6.03 Å². The first kappa shape index (κ1) is 20.6. The third kappa shape index (κ3) is 4.45. The van der Waals surface area contributed by atoms with Crippen molar-refractivity contribution in [1.29, 1.82) is 0 Å². The molecule has 0 aromatic heterocycles. The van der Waals surface area contributed by atoms with E-state index in [4.69, 9.17) is 11.6 Å². The van der Waals surface area contributed by atoms with Crippen LogP contribution in [0.1, 0.15) is 12.0 Å². The van der Waals surface area contributed by atoms with Crippen molar-refractivity contribution >= 4 is 39.5 Å². The van der Waals surface area contributed by atoms with Crippen molar-refractivity contribution in [3.8, 4) is 0 Å². The molecule has 4 amide bonds. The molecule has 0 saturated carbocycles. The molecule has 2 saturated heterocycles. The smallest absolute Gasteiger partial charge is 0.325 e. The number of hydrogen-bond donors (Lipinski definition) is 1. The number of hydrogen-bond acceptors (Lipinski definition) is 5. The molecule has 0 bridgehead atoms. The fourth-order valence-electron chi connectivity index (χ4n) is 3.23. The van der Waals surface area contributed by atoms with Crippen LogP contribution in [0.15, 0.2) is 24.3 Å². The summed E-state index contributed by atoms with van der Waals surface area (Å²) >= 11 is 6.09. The van der Waals surface area contributed by atoms with Gasteiger partial charge in [0.15, 0.2) is 0 Å². The molecule has 1 aromatic carbocycles. The van der Waals surface area contributed by atoms with Crippen LogP contribution in [0.25, 0.3) is 0 Å². The Morgan fingerprint density at radius 1 is 1.18 bits per heavy atom. The molecule has 2 heterocycles. The second kappa shape index (κ2) is 8.06. The number of nitrogens with zero attached hydrogens (tertiary/aromatic N) is 3. The first-order valence-corrected chi connectivity index (χ1v) is 11.0. The van der Waals surface area contributed by atoms with E-state index in [9.17, 15) is 22.8 Å². The van der Waals surface area contributed by atoms with E-state index in [0.29, 0.717) is 10.6 Å². The summed E-state index contributed by atoms with van der Waals surface area (Å²) in [5, 5.41) is 2.99. The van der Waals surface area contributed by atoms with Crippen molar-refractivity contribution in [2.45, 2.75) is 19.0 Å². The number of carbonyl (C=O) groups is 3. The fraction of sp³-hybridized carbons (Fsp3) is 0.471. The molecule has 3 rings (SSSR count). The van der Waals surface area contributed by atoms with Gasteiger partial charge in [-0.15, -0.1) is 0 Å². The van der Waals surface area contributed by atoms with Crippen LogP contribution in [0.5, 0.6) is 0 Å². The molecule has 0 radical (unpaired) electrons. The lowest BCUT2D eigenvalue weighted by atomic mass is 10.1. The van der Waals surface area contributed by atoms with E-state index >= 15 is 0 Å². The van der Waals surface area contributed by atoms with Gasteiger partial charge in [0.05, 0.1) is 19.2 Å². The highest BCUT2D eigenvalue weighted by Crippen LogP contribution is 2.20. The number of rotatable bonds is 5. The first-order chi connectivity index (χ1) is 13.2. The van der Waals surface area contributed by atoms with Crippen molar-refractivity contribution in [1.82, 2.24) is 19.4 Å². The van der Waals surface area contributed by atoms with Crippen molar-refractivity contribution in [3.05, 3.63) is 34.9 Å². The predicted octanol–water partition coefficient (Wildman–Crippen LogP) is 0.254. The normalized spacial score (nSPS) is 21.1. The largest absolute Gasteiger partial charge is 0.340 e. The summed E-state index contributed by atoms with van der Waals surface area (Å²) in [6.07, 6.45) is 0.966. The molecule has 2 aliphatic heterocycles. The van der Waals surface area contributed by atoms with Gasteiger partial charge < -0.3 is 10.2 Å². The number of carbonyl (C=O) groups excluding carboxylic acids is 3. The van der Waals surface area contributed by atoms with Crippen LogP contribution < -0.4 is 5.32 Å². The maximum atomic E-state index is 12.6. The lowest BCUT2D eigenvalue weighted by Crippen LogP contribution is -2.51. The number of nitrogens with one attached hydrogen (secondary N) is 1. The molecule has 2 aliphatic rings. The highest BCUT2D eigenvalue weighted by Gasteiger charge is 2.40. The highest BCUT2D eigenvalue weighted by atomic mass is 35.5. The zero-order valence-electron chi connectivity index (χ0n) is 15.3. The summed E-state index contributed by atoms with van der Waals surface area (Å²) < 4.78 is 24.4. The van der Waals surface area contributed by atoms with E-state index in [2.05, 4.69) is 5.32 Å². The quantitative estimate of drug-likeness (QED) is 0.677. The Hall–Kier alpha value is -2.17. The van der Waals surface area contributed by atoms with Crippen LogP contribution >= 0.6 is 11.6 Å². The van der Waals surface area contributed by atoms with Gasteiger partial charge in [0, 0.05) is 31.2 Å². The molecule has 28 heavy (non-hydrogen) atoms. The van der Waals surface area contributed by atoms with Gasteiger partial charge in [-0.1, -0.05) is 29.8 Å². The average molecular weight is 429 g/mol. The van der Waals surface area contributed by atoms with Crippen molar-refractivity contribution < 1.29 is 22.8 Å². The Morgan fingerprint density at radius 3 is 2.43 bits per heavy atom. The van der Waals surface area contributed by atoms with Gasteiger partial charge in [-0.2, -0.15) is 4.31 Å². The van der Waals surface area contributed by atoms with Crippen LogP contribution in [0, 0.1) is 0 Å². The molecular weight excluding hydrogens is 408 g/mol. The van der Waals surface area contributed by atoms with Gasteiger partial charge in [0.25, 0.3) is 5.91 Å². The number of piperazine rings is 1. The lowest BCUT2D eigenvalue weighted by molar-refractivity contribution is -0.136. The zero-order chi connectivity index (χ0) is 20.5. The van der Waals surface area contributed by atoms with Gasteiger partial charge in [0.1, 0.15) is 6.04 Å². The Balaban J connectivity index is 1.58. The van der Waals surface area contributed by atoms with Gasteiger partial charge in [-0.25, -0.2) is 13.2 Å². The number of amides is 4. The van der Waals surface area contributed by atoms with Gasteiger partial charge in [-0.3, -0.25) is 14.5 Å². The Bertz CT molecular complexity index is 899. The Labute approximate surface area is 168 Å². The SMILES string of the molecule is CS(=O)(=O)N1CCN(C(=O)C[C@@H]2NC(=O)N(Cc3ccccc3Cl)C2=O)CC1. The molecular formula is C17H21ClN4O5S. The van der Waals surface area contributed by atoms with E-state index in [1.807, 2.05) is 0 Å². The second-order valence-corrected chi connectivity index (χ2v) is 9.15. The minimum Gasteiger partial charge on any atom is -0.340 e. The topological polar surface area (TPSA) is 107 Å². The van der Waals surface area contributed by atoms with Crippen LogP contribution in [0.4, 0.5) is 4.79 Å². The molecule has 0 spiro atoms. The number of urea groups is 1. The summed E-state index contributed by atoms with van der Waals surface area (Å²) in [5.41, 5.74) is 0.636. The summed E-state index contributed by atoms with van der Waals surface area (Å²) in [6, 6.07) is 5.41. The first-order valence-electron chi connectivity index (χ1n) is 8.75. The number of sulfonamides is 1. The summed E-state index contributed by atoms with van der Waals surface area (Å²) in [7, 11) is -3.29. The maximum Gasteiger partial charge on any atom is 0.325 e. The van der Waals surface area contributed by atoms with Crippen molar-refractivity contribution in [3.63, 3.8) is 0 Å². The molecule has 152 valence electrons. The molecule has 2 fully saturated rings. The van der Waals surface area contributed by atoms with E-state index < -0.39 is 28.0 Å². The van der Waals surface area contributed by atoms with Crippen LogP contribution in [-0.2, 0) is 26.2 Å². The summed E-state index contributed by atoms with van der Waals surface area (Å²) in [4.78, 5) is 39.8. The van der Waals surface area contributed by atoms with Crippen LogP contribution in [0.3, 0.4) is 0 Å². The minimum absolute atomic E-state index is 0.0298. The van der Waals surface area contributed by atoms with E-state index in [0.717, 1.165) is 11.2 Å². The van der Waals surface area contributed by atoms with Gasteiger partial charge in [0.2, 0.25) is 15.9 Å². The number of imide groups is 1. The maximum absolute atomic E-state index is 12.6. The average Bonchev–Trinajstić information content (AvgIpc) is 2.90. The van der Waals surface area contributed by atoms with Crippen LogP contribution in [-0.4, -0.2) is 78.8 Å². The number of benzene rings is 1. The van der Waals surface area contributed by atoms with E-state index in [1.165, 1.54) is 9.21 Å². The van der Waals surface area contributed by atoms with E-state index in [-0.39, 0.29) is 45.1 Å². The Kier molecular flexibility index (Phi) is 5.92. The molecule has 11 heteroatoms. The van der Waals surface area contributed by atoms with Crippen LogP contribution in [0.2, 0.25) is 5.02 Å². The standard InChI is InChI=1S/C17H21ClN4O5S/c1-28(26,27)21-8-6-20(7-9-21)15(23)10-14-16(24)22(17(25)19-14)11-12-4-2-3-5-13(12)18/h2-5,14H,6-11H2,1H3,(H,19,25)/t14-/m0/s1. The monoisotopic (exact) mass is 428 g/mol. The summed E-state index contributed by atoms with van der Waals surface area (Å²) in [5.74, 6) is -0.778. The second-order valence-electron chi connectivity index (χ2n) is 6.76. The third-order valence-electron chi connectivity index (χ3n) is 4.83. The third-order valence-corrected chi connectivity index (χ3v) is 6.50. The van der Waals surface area contributed by atoms with Gasteiger partial charge in [-0.05, 0) is 11.6 Å². The predicted molar refractivity (Wildman–Crippen MR) is 102 cm³/mol. The minimum atomic E-state index is -3.29. The number of halogens is 1. The molecule has 0 aliphatic carbocycles. The highest BCUT2D eigenvalue weighted by molar-refractivity contribution is 7.88.